The smallest absolute Gasteiger partial charge is 0.123 e. The van der Waals surface area contributed by atoms with E-state index < -0.39 is 5.60 Å². The van der Waals surface area contributed by atoms with E-state index in [1.165, 1.54) is 6.07 Å². The molecule has 2 nitrogen and oxygen atoms in total. The number of rotatable bonds is 1. The monoisotopic (exact) mass is 186 g/mol. The van der Waals surface area contributed by atoms with Gasteiger partial charge >= 0.3 is 0 Å². The van der Waals surface area contributed by atoms with Crippen LogP contribution in [0, 0.1) is 0 Å². The van der Waals surface area contributed by atoms with Crippen molar-refractivity contribution < 1.29 is 10.2 Å². The molecule has 1 aromatic rings. The van der Waals surface area contributed by atoms with Crippen LogP contribution in [0.4, 0.5) is 0 Å². The van der Waals surface area contributed by atoms with Crippen molar-refractivity contribution in [1.29, 1.82) is 0 Å². The van der Waals surface area contributed by atoms with Crippen LogP contribution in [0.3, 0.4) is 0 Å². The topological polar surface area (TPSA) is 40.5 Å². The van der Waals surface area contributed by atoms with E-state index in [-0.39, 0.29) is 5.75 Å². The molecule has 0 bridgehead atoms. The highest BCUT2D eigenvalue weighted by Gasteiger charge is 2.22. The zero-order valence-electron chi connectivity index (χ0n) is 7.00. The van der Waals surface area contributed by atoms with Gasteiger partial charge in [0.2, 0.25) is 0 Å². The first kappa shape index (κ1) is 9.36. The Morgan fingerprint density at radius 2 is 1.92 bits per heavy atom. The third-order valence-corrected chi connectivity index (χ3v) is 1.92. The van der Waals surface area contributed by atoms with Crippen LogP contribution in [0.5, 0.6) is 5.75 Å². The highest BCUT2D eigenvalue weighted by atomic mass is 35.5. The quantitative estimate of drug-likeness (QED) is 0.707. The summed E-state index contributed by atoms with van der Waals surface area (Å²) < 4.78 is 0. The summed E-state index contributed by atoms with van der Waals surface area (Å²) in [4.78, 5) is 0. The van der Waals surface area contributed by atoms with E-state index in [4.69, 9.17) is 11.6 Å². The SMILES string of the molecule is CC(C)(O)c1c(O)cccc1Cl. The number of halogens is 1. The summed E-state index contributed by atoms with van der Waals surface area (Å²) in [6.45, 7) is 3.15. The molecule has 1 rings (SSSR count). The number of aliphatic hydroxyl groups is 1. The fraction of sp³-hybridized carbons (Fsp3) is 0.333. The minimum absolute atomic E-state index is 0.0231. The molecular formula is C9H11ClO2. The largest absolute Gasteiger partial charge is 0.508 e. The Morgan fingerprint density at radius 1 is 1.33 bits per heavy atom. The highest BCUT2D eigenvalue weighted by molar-refractivity contribution is 6.31. The molecular weight excluding hydrogens is 176 g/mol. The number of aromatic hydroxyl groups is 1. The predicted molar refractivity (Wildman–Crippen MR) is 48.4 cm³/mol. The Balaban J connectivity index is 3.31. The number of phenolic OH excluding ortho intramolecular Hbond substituents is 1. The molecule has 66 valence electrons. The lowest BCUT2D eigenvalue weighted by atomic mass is 9.97. The first-order chi connectivity index (χ1) is 5.43. The van der Waals surface area contributed by atoms with E-state index >= 15 is 0 Å². The van der Waals surface area contributed by atoms with Gasteiger partial charge in [-0.3, -0.25) is 0 Å². The van der Waals surface area contributed by atoms with Crippen molar-refractivity contribution in [2.45, 2.75) is 19.4 Å². The van der Waals surface area contributed by atoms with Crippen LogP contribution in [0.15, 0.2) is 18.2 Å². The summed E-state index contributed by atoms with van der Waals surface area (Å²) in [5.74, 6) is 0.0231. The standard InChI is InChI=1S/C9H11ClO2/c1-9(2,12)8-6(10)4-3-5-7(8)11/h3-5,11-12H,1-2H3. The van der Waals surface area contributed by atoms with Gasteiger partial charge < -0.3 is 10.2 Å². The predicted octanol–water partition coefficient (Wildman–Crippen LogP) is 2.27. The van der Waals surface area contributed by atoms with Crippen LogP contribution in [0.1, 0.15) is 19.4 Å². The van der Waals surface area contributed by atoms with Gasteiger partial charge in [0.1, 0.15) is 5.75 Å². The number of phenols is 1. The van der Waals surface area contributed by atoms with Crippen molar-refractivity contribution in [1.82, 2.24) is 0 Å². The molecule has 0 fully saturated rings. The second-order valence-corrected chi connectivity index (χ2v) is 3.60. The molecule has 0 unspecified atom stereocenters. The Bertz CT molecular complexity index is 269. The Kier molecular flexibility index (Phi) is 2.31. The Hall–Kier alpha value is -0.730. The molecule has 0 aromatic heterocycles. The van der Waals surface area contributed by atoms with Gasteiger partial charge in [0, 0.05) is 5.56 Å². The lowest BCUT2D eigenvalue weighted by Crippen LogP contribution is -2.16. The molecule has 0 heterocycles. The molecule has 2 N–H and O–H groups in total. The fourth-order valence-electron chi connectivity index (χ4n) is 1.12. The molecule has 1 aromatic carbocycles. The molecule has 0 aliphatic carbocycles. The van der Waals surface area contributed by atoms with Crippen LogP contribution in [0.2, 0.25) is 5.02 Å². The maximum atomic E-state index is 9.61. The van der Waals surface area contributed by atoms with Crippen LogP contribution in [0.25, 0.3) is 0 Å². The normalized spacial score (nSPS) is 11.7. The van der Waals surface area contributed by atoms with E-state index in [1.807, 2.05) is 0 Å². The molecule has 0 saturated heterocycles. The molecule has 12 heavy (non-hydrogen) atoms. The third kappa shape index (κ3) is 1.71. The minimum Gasteiger partial charge on any atom is -0.508 e. The average Bonchev–Trinajstić information content (AvgIpc) is 1.82. The maximum Gasteiger partial charge on any atom is 0.123 e. The van der Waals surface area contributed by atoms with E-state index in [1.54, 1.807) is 26.0 Å². The van der Waals surface area contributed by atoms with Gasteiger partial charge in [-0.15, -0.1) is 0 Å². The van der Waals surface area contributed by atoms with Gasteiger partial charge in [0.05, 0.1) is 10.6 Å². The molecule has 0 aliphatic rings. The number of hydrogen-bond acceptors (Lipinski definition) is 2. The van der Waals surface area contributed by atoms with Crippen LogP contribution >= 0.6 is 11.6 Å². The van der Waals surface area contributed by atoms with Gasteiger partial charge in [0.15, 0.2) is 0 Å². The summed E-state index contributed by atoms with van der Waals surface area (Å²) >= 11 is 5.79. The van der Waals surface area contributed by atoms with Gasteiger partial charge in [-0.2, -0.15) is 0 Å². The summed E-state index contributed by atoms with van der Waals surface area (Å²) in [6, 6.07) is 4.76. The Morgan fingerprint density at radius 3 is 2.25 bits per heavy atom. The summed E-state index contributed by atoms with van der Waals surface area (Å²) in [5, 5.41) is 19.4. The average molecular weight is 187 g/mol. The van der Waals surface area contributed by atoms with Crippen molar-refractivity contribution in [3.8, 4) is 5.75 Å². The minimum atomic E-state index is -1.11. The van der Waals surface area contributed by atoms with Gasteiger partial charge in [-0.05, 0) is 26.0 Å². The van der Waals surface area contributed by atoms with Gasteiger partial charge in [-0.25, -0.2) is 0 Å². The van der Waals surface area contributed by atoms with E-state index in [2.05, 4.69) is 0 Å². The van der Waals surface area contributed by atoms with Crippen molar-refractivity contribution in [3.63, 3.8) is 0 Å². The third-order valence-electron chi connectivity index (χ3n) is 1.60. The molecule has 0 atom stereocenters. The van der Waals surface area contributed by atoms with Crippen molar-refractivity contribution in [2.24, 2.45) is 0 Å². The molecule has 3 heteroatoms. The molecule has 0 aliphatic heterocycles. The van der Waals surface area contributed by atoms with Gasteiger partial charge in [-0.1, -0.05) is 17.7 Å². The van der Waals surface area contributed by atoms with E-state index in [0.717, 1.165) is 0 Å². The lowest BCUT2D eigenvalue weighted by Gasteiger charge is -2.20. The number of benzene rings is 1. The van der Waals surface area contributed by atoms with E-state index in [9.17, 15) is 10.2 Å². The van der Waals surface area contributed by atoms with E-state index in [0.29, 0.717) is 10.6 Å². The lowest BCUT2D eigenvalue weighted by molar-refractivity contribution is 0.0759. The summed E-state index contributed by atoms with van der Waals surface area (Å²) in [5.41, 5.74) is -0.741. The first-order valence-corrected chi connectivity index (χ1v) is 4.01. The van der Waals surface area contributed by atoms with Crippen LogP contribution in [-0.4, -0.2) is 10.2 Å². The first-order valence-electron chi connectivity index (χ1n) is 3.63. The number of hydrogen-bond donors (Lipinski definition) is 2. The second-order valence-electron chi connectivity index (χ2n) is 3.19. The molecule has 0 amide bonds. The molecule has 0 spiro atoms. The Labute approximate surface area is 76.4 Å². The molecule has 0 saturated carbocycles. The van der Waals surface area contributed by atoms with Crippen LogP contribution < -0.4 is 0 Å². The second kappa shape index (κ2) is 2.96. The zero-order chi connectivity index (χ0) is 9.35. The highest BCUT2D eigenvalue weighted by Crippen LogP contribution is 2.34. The fourth-order valence-corrected chi connectivity index (χ4v) is 1.52. The maximum absolute atomic E-state index is 9.61. The van der Waals surface area contributed by atoms with Crippen molar-refractivity contribution in [3.05, 3.63) is 28.8 Å². The summed E-state index contributed by atoms with van der Waals surface area (Å²) in [7, 11) is 0. The zero-order valence-corrected chi connectivity index (χ0v) is 7.76. The van der Waals surface area contributed by atoms with Gasteiger partial charge in [0.25, 0.3) is 0 Å². The molecule has 0 radical (unpaired) electrons. The van der Waals surface area contributed by atoms with Crippen molar-refractivity contribution >= 4 is 11.6 Å². The van der Waals surface area contributed by atoms with Crippen LogP contribution in [-0.2, 0) is 5.60 Å². The van der Waals surface area contributed by atoms with Crippen molar-refractivity contribution in [2.75, 3.05) is 0 Å². The summed E-state index contributed by atoms with van der Waals surface area (Å²) in [6.07, 6.45) is 0.